The molecule has 6 nitrogen and oxygen atoms in total. The van der Waals surface area contributed by atoms with Crippen molar-refractivity contribution in [2.24, 2.45) is 23.7 Å². The minimum absolute atomic E-state index is 0.245. The van der Waals surface area contributed by atoms with E-state index in [0.29, 0.717) is 0 Å². The summed E-state index contributed by atoms with van der Waals surface area (Å²) < 4.78 is -4.18. The molecule has 4 bridgehead atoms. The number of allylic oxidation sites excluding steroid dienone is 4. The van der Waals surface area contributed by atoms with Crippen molar-refractivity contribution in [1.82, 2.24) is 9.80 Å². The topological polar surface area (TPSA) is 74.8 Å². The number of rotatable bonds is 3. The number of hydrogen-bond acceptors (Lipinski definition) is 4. The Balaban J connectivity index is 1.29. The van der Waals surface area contributed by atoms with Crippen molar-refractivity contribution in [1.29, 1.82) is 0 Å². The monoisotopic (exact) mass is 760 g/mol. The summed E-state index contributed by atoms with van der Waals surface area (Å²) in [6.45, 7) is -0.860. The van der Waals surface area contributed by atoms with Gasteiger partial charge in [-0.25, -0.2) is 0 Å². The molecule has 0 aromatic rings. The molecule has 2 aliphatic heterocycles. The Morgan fingerprint density at radius 1 is 0.447 bits per heavy atom. The van der Waals surface area contributed by atoms with Crippen molar-refractivity contribution in [3.8, 4) is 0 Å². The van der Waals surface area contributed by atoms with Gasteiger partial charge in [-0.05, 0) is 0 Å². The highest BCUT2D eigenvalue weighted by Gasteiger charge is 2.89. The smallest absolute Gasteiger partial charge is 0.235 e. The van der Waals surface area contributed by atoms with Gasteiger partial charge in [0.05, 0.1) is 43.8 Å². The van der Waals surface area contributed by atoms with Gasteiger partial charge in [-0.2, -0.15) is 0 Å². The molecule has 2 heterocycles. The summed E-state index contributed by atoms with van der Waals surface area (Å²) in [7, 11) is 0. The summed E-state index contributed by atoms with van der Waals surface area (Å²) >= 11 is 77.8. The van der Waals surface area contributed by atoms with Crippen molar-refractivity contribution < 1.29 is 19.2 Å². The second-order valence-corrected chi connectivity index (χ2v) is 16.4. The van der Waals surface area contributed by atoms with Crippen molar-refractivity contribution in [2.45, 2.75) is 28.2 Å². The zero-order valence-electron chi connectivity index (χ0n) is 17.8. The third-order valence-electron chi connectivity index (χ3n) is 8.55. The number of carbonyl (C=O) groups excluding carboxylic acids is 4. The molecular formula is C20H8Cl12N2O4. The number of amides is 4. The van der Waals surface area contributed by atoms with E-state index >= 15 is 0 Å². The van der Waals surface area contributed by atoms with Crippen LogP contribution in [0.1, 0.15) is 0 Å². The molecule has 2 saturated carbocycles. The quantitative estimate of drug-likeness (QED) is 0.266. The molecule has 8 unspecified atom stereocenters. The molecule has 0 aromatic heterocycles. The fourth-order valence-electron chi connectivity index (χ4n) is 6.75. The van der Waals surface area contributed by atoms with Crippen LogP contribution in [0.2, 0.25) is 0 Å². The number of imide groups is 2. The van der Waals surface area contributed by atoms with Crippen molar-refractivity contribution in [3.63, 3.8) is 0 Å². The predicted octanol–water partition coefficient (Wildman–Crippen LogP) is 5.88. The Morgan fingerprint density at radius 3 is 0.816 bits per heavy atom. The molecule has 0 aromatic carbocycles. The molecule has 4 fully saturated rings. The first-order chi connectivity index (χ1) is 17.2. The highest BCUT2D eigenvalue weighted by atomic mass is 35.5. The SMILES string of the molecule is O=C1C2C(C(=O)N1CCN1C(=O)C3C(C1=O)C1(Cl)C(Cl)=C(Cl)C3(Cl)C1(Cl)Cl)C1(Cl)C(Cl)=C(Cl)C2(Cl)C1(Cl)Cl. The van der Waals surface area contributed by atoms with Gasteiger partial charge in [-0.1, -0.05) is 92.8 Å². The molecule has 0 radical (unpaired) electrons. The van der Waals surface area contributed by atoms with Crippen LogP contribution in [-0.2, 0) is 19.2 Å². The Hall–Kier alpha value is 1.24. The van der Waals surface area contributed by atoms with Gasteiger partial charge in [0.15, 0.2) is 8.67 Å². The van der Waals surface area contributed by atoms with Crippen LogP contribution in [0.5, 0.6) is 0 Å². The Morgan fingerprint density at radius 2 is 0.632 bits per heavy atom. The lowest BCUT2D eigenvalue weighted by Crippen LogP contribution is -2.52. The summed E-state index contributed by atoms with van der Waals surface area (Å²) in [6, 6.07) is 0. The lowest BCUT2D eigenvalue weighted by Gasteiger charge is -2.35. The van der Waals surface area contributed by atoms with E-state index in [2.05, 4.69) is 0 Å². The van der Waals surface area contributed by atoms with E-state index in [4.69, 9.17) is 139 Å². The highest BCUT2D eigenvalue weighted by Crippen LogP contribution is 2.79. The number of alkyl halides is 8. The minimum atomic E-state index is -2.09. The molecule has 6 aliphatic rings. The molecule has 18 heteroatoms. The van der Waals surface area contributed by atoms with E-state index in [1.807, 2.05) is 0 Å². The maximum atomic E-state index is 13.4. The standard InChI is InChI=1S/C20H8Cl12N2O4/c21-7-8(22)16(26)4-3(15(7,25)19(16,29)30)11(35)33(12(4)36)1-2-34-13(37)5-6(14(34)38)18(28)10(24)9(23)17(5,27)20(18,31)32/h3-6H,1-2H2. The largest absolute Gasteiger partial charge is 0.280 e. The van der Waals surface area contributed by atoms with E-state index < -0.39 is 88.6 Å². The molecule has 206 valence electrons. The van der Waals surface area contributed by atoms with E-state index in [0.717, 1.165) is 9.80 Å². The lowest BCUT2D eigenvalue weighted by molar-refractivity contribution is -0.146. The molecular weight excluding hydrogens is 758 g/mol. The van der Waals surface area contributed by atoms with Crippen LogP contribution in [-0.4, -0.2) is 74.7 Å². The number of likely N-dealkylation sites (tertiary alicyclic amines) is 2. The first-order valence-electron chi connectivity index (χ1n) is 10.6. The maximum Gasteiger partial charge on any atom is 0.235 e. The minimum Gasteiger partial charge on any atom is -0.280 e. The molecule has 6 rings (SSSR count). The van der Waals surface area contributed by atoms with Crippen LogP contribution in [0.4, 0.5) is 0 Å². The van der Waals surface area contributed by atoms with Gasteiger partial charge < -0.3 is 0 Å². The zero-order valence-corrected chi connectivity index (χ0v) is 26.9. The Kier molecular flexibility index (Phi) is 6.20. The highest BCUT2D eigenvalue weighted by molar-refractivity contribution is 6.68. The number of carbonyl (C=O) groups is 4. The predicted molar refractivity (Wildman–Crippen MR) is 148 cm³/mol. The van der Waals surface area contributed by atoms with Crippen molar-refractivity contribution >= 4 is 163 Å². The van der Waals surface area contributed by atoms with E-state index in [1.165, 1.54) is 0 Å². The molecule has 0 spiro atoms. The first-order valence-corrected chi connectivity index (χ1v) is 15.1. The molecule has 2 saturated heterocycles. The van der Waals surface area contributed by atoms with E-state index in [1.54, 1.807) is 0 Å². The fourth-order valence-corrected chi connectivity index (χ4v) is 12.6. The van der Waals surface area contributed by atoms with Crippen LogP contribution in [0.3, 0.4) is 0 Å². The Bertz CT molecular complexity index is 1190. The average molecular weight is 766 g/mol. The van der Waals surface area contributed by atoms with Crippen LogP contribution in [0, 0.1) is 23.7 Å². The average Bonchev–Trinajstić information content (AvgIpc) is 3.41. The van der Waals surface area contributed by atoms with Crippen LogP contribution in [0.15, 0.2) is 20.1 Å². The van der Waals surface area contributed by atoms with Crippen LogP contribution >= 0.6 is 139 Å². The molecule has 4 amide bonds. The Labute approximate surface area is 274 Å². The van der Waals surface area contributed by atoms with Gasteiger partial charge in [0.1, 0.15) is 19.5 Å². The lowest BCUT2D eigenvalue weighted by atomic mass is 9.84. The van der Waals surface area contributed by atoms with Crippen molar-refractivity contribution in [3.05, 3.63) is 20.1 Å². The second-order valence-electron chi connectivity index (χ2n) is 9.82. The van der Waals surface area contributed by atoms with Gasteiger partial charge in [0, 0.05) is 13.1 Å². The molecule has 4 aliphatic carbocycles. The summed E-state index contributed by atoms with van der Waals surface area (Å²) in [5.41, 5.74) is 0. The van der Waals surface area contributed by atoms with Gasteiger partial charge in [-0.15, -0.1) is 46.4 Å². The van der Waals surface area contributed by atoms with Crippen molar-refractivity contribution in [2.75, 3.05) is 13.1 Å². The third-order valence-corrected chi connectivity index (χ3v) is 17.1. The second kappa shape index (κ2) is 8.04. The fraction of sp³-hybridized carbons (Fsp3) is 0.600. The molecule has 0 N–H and O–H groups in total. The number of halogens is 12. The zero-order chi connectivity index (χ0) is 28.5. The van der Waals surface area contributed by atoms with Gasteiger partial charge >= 0.3 is 0 Å². The van der Waals surface area contributed by atoms with Gasteiger partial charge in [0.25, 0.3) is 0 Å². The number of fused-ring (bicyclic) bond motifs is 10. The van der Waals surface area contributed by atoms with Gasteiger partial charge in [-0.3, -0.25) is 29.0 Å². The summed E-state index contributed by atoms with van der Waals surface area (Å²) in [5.74, 6) is -8.64. The normalized spacial score (nSPS) is 47.9. The first kappa shape index (κ1) is 29.3. The number of hydrogen-bond donors (Lipinski definition) is 0. The molecule has 8 atom stereocenters. The summed E-state index contributed by atoms with van der Waals surface area (Å²) in [4.78, 5) is 47.4. The summed E-state index contributed by atoms with van der Waals surface area (Å²) in [5, 5.41) is -0.982. The third kappa shape index (κ3) is 2.56. The number of nitrogens with zero attached hydrogens (tertiary/aromatic N) is 2. The van der Waals surface area contributed by atoms with E-state index in [-0.39, 0.29) is 20.1 Å². The maximum absolute atomic E-state index is 13.4. The van der Waals surface area contributed by atoms with Crippen LogP contribution < -0.4 is 0 Å². The summed E-state index contributed by atoms with van der Waals surface area (Å²) in [6.07, 6.45) is 0. The van der Waals surface area contributed by atoms with E-state index in [9.17, 15) is 19.2 Å². The van der Waals surface area contributed by atoms with Gasteiger partial charge in [0.2, 0.25) is 23.6 Å². The molecule has 38 heavy (non-hydrogen) atoms. The van der Waals surface area contributed by atoms with Crippen LogP contribution in [0.25, 0.3) is 0 Å².